The van der Waals surface area contributed by atoms with E-state index in [1.54, 1.807) is 25.1 Å². The number of halogens is 2. The fraction of sp³-hybridized carbons (Fsp3) is 0.200. The Bertz CT molecular complexity index is 999. The SMILES string of the molecule is Cc1onc(-c2c(Cl)cccc2Cl)c1C(=O)NC1CCSc2ccccc21. The second-order valence-electron chi connectivity index (χ2n) is 6.26. The fourth-order valence-electron chi connectivity index (χ4n) is 3.26. The minimum absolute atomic E-state index is 0.0567. The summed E-state index contributed by atoms with van der Waals surface area (Å²) in [5.41, 5.74) is 2.36. The number of thioether (sulfide) groups is 1. The summed E-state index contributed by atoms with van der Waals surface area (Å²) in [5.74, 6) is 1.14. The van der Waals surface area contributed by atoms with Crippen LogP contribution in [0.15, 0.2) is 51.9 Å². The van der Waals surface area contributed by atoms with Crippen molar-refractivity contribution in [1.29, 1.82) is 0 Å². The van der Waals surface area contributed by atoms with Crippen LogP contribution < -0.4 is 5.32 Å². The number of aryl methyl sites for hydroxylation is 1. The Balaban J connectivity index is 1.70. The van der Waals surface area contributed by atoms with E-state index in [1.807, 2.05) is 23.9 Å². The van der Waals surface area contributed by atoms with E-state index < -0.39 is 0 Å². The molecule has 1 aliphatic heterocycles. The van der Waals surface area contributed by atoms with E-state index in [0.29, 0.717) is 32.6 Å². The number of carbonyl (C=O) groups is 1. The fourth-order valence-corrected chi connectivity index (χ4v) is 4.96. The third kappa shape index (κ3) is 3.47. The van der Waals surface area contributed by atoms with Gasteiger partial charge < -0.3 is 9.84 Å². The van der Waals surface area contributed by atoms with Crippen molar-refractivity contribution in [3.8, 4) is 11.3 Å². The van der Waals surface area contributed by atoms with Crippen LogP contribution in [0.2, 0.25) is 10.0 Å². The average molecular weight is 419 g/mol. The summed E-state index contributed by atoms with van der Waals surface area (Å²) in [6.45, 7) is 1.71. The molecular formula is C20H16Cl2N2O2S. The van der Waals surface area contributed by atoms with Crippen LogP contribution in [0.25, 0.3) is 11.3 Å². The van der Waals surface area contributed by atoms with E-state index in [0.717, 1.165) is 17.7 Å². The number of aromatic nitrogens is 1. The molecule has 1 amide bonds. The maximum atomic E-state index is 13.1. The first-order valence-corrected chi connectivity index (χ1v) is 10.2. The molecule has 1 atom stereocenters. The van der Waals surface area contributed by atoms with Crippen LogP contribution in [0.1, 0.15) is 34.1 Å². The highest BCUT2D eigenvalue weighted by Crippen LogP contribution is 2.38. The number of rotatable bonds is 3. The van der Waals surface area contributed by atoms with Crippen LogP contribution in [-0.4, -0.2) is 16.8 Å². The van der Waals surface area contributed by atoms with Gasteiger partial charge in [-0.3, -0.25) is 4.79 Å². The zero-order chi connectivity index (χ0) is 19.0. The van der Waals surface area contributed by atoms with Gasteiger partial charge in [0.1, 0.15) is 17.0 Å². The van der Waals surface area contributed by atoms with Gasteiger partial charge in [-0.15, -0.1) is 11.8 Å². The molecule has 0 spiro atoms. The van der Waals surface area contributed by atoms with Gasteiger partial charge in [-0.2, -0.15) is 0 Å². The number of nitrogens with one attached hydrogen (secondary N) is 1. The van der Waals surface area contributed by atoms with Gasteiger partial charge in [-0.25, -0.2) is 0 Å². The molecule has 0 aliphatic carbocycles. The minimum atomic E-state index is -0.244. The van der Waals surface area contributed by atoms with Crippen LogP contribution in [0.5, 0.6) is 0 Å². The van der Waals surface area contributed by atoms with Gasteiger partial charge in [0.2, 0.25) is 0 Å². The maximum Gasteiger partial charge on any atom is 0.257 e. The highest BCUT2D eigenvalue weighted by atomic mass is 35.5. The lowest BCUT2D eigenvalue weighted by Crippen LogP contribution is -2.31. The lowest BCUT2D eigenvalue weighted by atomic mass is 10.0. The zero-order valence-corrected chi connectivity index (χ0v) is 16.8. The van der Waals surface area contributed by atoms with Gasteiger partial charge in [0.25, 0.3) is 5.91 Å². The normalized spacial score (nSPS) is 16.0. The Morgan fingerprint density at radius 2 is 1.93 bits per heavy atom. The van der Waals surface area contributed by atoms with Gasteiger partial charge in [0.05, 0.1) is 16.1 Å². The van der Waals surface area contributed by atoms with Gasteiger partial charge in [-0.1, -0.05) is 52.6 Å². The second kappa shape index (κ2) is 7.58. The van der Waals surface area contributed by atoms with Crippen molar-refractivity contribution in [2.24, 2.45) is 0 Å². The molecule has 4 rings (SSSR count). The predicted octanol–water partition coefficient (Wildman–Crippen LogP) is 5.92. The van der Waals surface area contributed by atoms with Crippen LogP contribution in [-0.2, 0) is 0 Å². The number of amides is 1. The molecule has 0 saturated carbocycles. The smallest absolute Gasteiger partial charge is 0.257 e. The quantitative estimate of drug-likeness (QED) is 0.572. The standard InChI is InChI=1S/C20H16Cl2N2O2S/c1-11-17(19(24-26-11)18-13(21)6-4-7-14(18)22)20(25)23-15-9-10-27-16-8-3-2-5-12(15)16/h2-8,15H,9-10H2,1H3,(H,23,25). The van der Waals surface area contributed by atoms with Gasteiger partial charge in [-0.05, 0) is 37.1 Å². The zero-order valence-electron chi connectivity index (χ0n) is 14.5. The first-order valence-electron chi connectivity index (χ1n) is 8.49. The molecule has 2 heterocycles. The van der Waals surface area contributed by atoms with Crippen molar-refractivity contribution in [2.45, 2.75) is 24.3 Å². The van der Waals surface area contributed by atoms with Gasteiger partial charge in [0.15, 0.2) is 0 Å². The summed E-state index contributed by atoms with van der Waals surface area (Å²) in [4.78, 5) is 14.3. The van der Waals surface area contributed by atoms with Crippen molar-refractivity contribution >= 4 is 40.9 Å². The molecule has 1 aromatic heterocycles. The Morgan fingerprint density at radius 1 is 1.19 bits per heavy atom. The topological polar surface area (TPSA) is 55.1 Å². The molecular weight excluding hydrogens is 403 g/mol. The van der Waals surface area contributed by atoms with Crippen molar-refractivity contribution in [3.63, 3.8) is 0 Å². The summed E-state index contributed by atoms with van der Waals surface area (Å²) in [6, 6.07) is 13.3. The Hall–Kier alpha value is -1.95. The summed E-state index contributed by atoms with van der Waals surface area (Å²) < 4.78 is 5.31. The lowest BCUT2D eigenvalue weighted by molar-refractivity contribution is 0.0934. The van der Waals surface area contributed by atoms with E-state index in [1.165, 1.54) is 4.90 Å². The Morgan fingerprint density at radius 3 is 2.70 bits per heavy atom. The highest BCUT2D eigenvalue weighted by Gasteiger charge is 2.28. The summed E-state index contributed by atoms with van der Waals surface area (Å²) in [5, 5.41) is 8.03. The number of nitrogens with zero attached hydrogens (tertiary/aromatic N) is 1. The summed E-state index contributed by atoms with van der Waals surface area (Å²) >= 11 is 14.4. The van der Waals surface area contributed by atoms with Crippen LogP contribution in [0.3, 0.4) is 0 Å². The number of carbonyl (C=O) groups excluding carboxylic acids is 1. The minimum Gasteiger partial charge on any atom is -0.360 e. The average Bonchev–Trinajstić information content (AvgIpc) is 3.03. The van der Waals surface area contributed by atoms with E-state index in [-0.39, 0.29) is 11.9 Å². The molecule has 0 radical (unpaired) electrons. The molecule has 0 fully saturated rings. The molecule has 4 nitrogen and oxygen atoms in total. The third-order valence-electron chi connectivity index (χ3n) is 4.55. The number of fused-ring (bicyclic) bond motifs is 1. The summed E-state index contributed by atoms with van der Waals surface area (Å²) in [6.07, 6.45) is 0.861. The molecule has 1 N–H and O–H groups in total. The number of benzene rings is 2. The van der Waals surface area contributed by atoms with Gasteiger partial charge >= 0.3 is 0 Å². The van der Waals surface area contributed by atoms with Crippen LogP contribution in [0.4, 0.5) is 0 Å². The van der Waals surface area contributed by atoms with Crippen molar-refractivity contribution in [3.05, 3.63) is 69.4 Å². The predicted molar refractivity (Wildman–Crippen MR) is 109 cm³/mol. The first-order chi connectivity index (χ1) is 13.1. The van der Waals surface area contributed by atoms with Crippen molar-refractivity contribution in [2.75, 3.05) is 5.75 Å². The Labute approximate surface area is 171 Å². The molecule has 7 heteroatoms. The van der Waals surface area contributed by atoms with E-state index in [2.05, 4.69) is 22.6 Å². The van der Waals surface area contributed by atoms with E-state index in [9.17, 15) is 4.79 Å². The van der Waals surface area contributed by atoms with Crippen molar-refractivity contribution in [1.82, 2.24) is 10.5 Å². The number of hydrogen-bond acceptors (Lipinski definition) is 4. The lowest BCUT2D eigenvalue weighted by Gasteiger charge is -2.25. The van der Waals surface area contributed by atoms with Crippen molar-refractivity contribution < 1.29 is 9.32 Å². The molecule has 27 heavy (non-hydrogen) atoms. The first kappa shape index (κ1) is 18.4. The molecule has 2 aromatic carbocycles. The molecule has 3 aromatic rings. The van der Waals surface area contributed by atoms with Crippen LogP contribution >= 0.6 is 35.0 Å². The summed E-state index contributed by atoms with van der Waals surface area (Å²) in [7, 11) is 0. The van der Waals surface area contributed by atoms with Crippen LogP contribution in [0, 0.1) is 6.92 Å². The largest absolute Gasteiger partial charge is 0.360 e. The van der Waals surface area contributed by atoms with E-state index in [4.69, 9.17) is 27.7 Å². The molecule has 0 saturated heterocycles. The molecule has 0 bridgehead atoms. The highest BCUT2D eigenvalue weighted by molar-refractivity contribution is 7.99. The maximum absolute atomic E-state index is 13.1. The monoisotopic (exact) mass is 418 g/mol. The molecule has 138 valence electrons. The Kier molecular flexibility index (Phi) is 5.17. The second-order valence-corrected chi connectivity index (χ2v) is 8.21. The number of hydrogen-bond donors (Lipinski definition) is 1. The van der Waals surface area contributed by atoms with Gasteiger partial charge in [0, 0.05) is 16.2 Å². The third-order valence-corrected chi connectivity index (χ3v) is 6.31. The molecule has 1 aliphatic rings. The van der Waals surface area contributed by atoms with E-state index >= 15 is 0 Å². The molecule has 1 unspecified atom stereocenters.